The van der Waals surface area contributed by atoms with Gasteiger partial charge in [-0.15, -0.1) is 0 Å². The molecule has 4 nitrogen and oxygen atoms in total. The van der Waals surface area contributed by atoms with Crippen molar-refractivity contribution in [1.29, 1.82) is 5.26 Å². The summed E-state index contributed by atoms with van der Waals surface area (Å²) < 4.78 is 40.1. The topological polar surface area (TPSA) is 47.3 Å². The van der Waals surface area contributed by atoms with Gasteiger partial charge in [-0.1, -0.05) is 12.1 Å². The molecule has 0 spiro atoms. The summed E-state index contributed by atoms with van der Waals surface area (Å²) in [6, 6.07) is 10.9. The van der Waals surface area contributed by atoms with Crippen molar-refractivity contribution in [3.05, 3.63) is 65.0 Å². The van der Waals surface area contributed by atoms with E-state index in [9.17, 15) is 18.0 Å². The lowest BCUT2D eigenvalue weighted by molar-refractivity contribution is 0.0740. The van der Waals surface area contributed by atoms with Gasteiger partial charge in [0.15, 0.2) is 17.5 Å². The van der Waals surface area contributed by atoms with Gasteiger partial charge in [0.2, 0.25) is 0 Å². The van der Waals surface area contributed by atoms with E-state index in [1.165, 1.54) is 4.90 Å². The molecule has 25 heavy (non-hydrogen) atoms. The highest BCUT2D eigenvalue weighted by molar-refractivity contribution is 5.94. The lowest BCUT2D eigenvalue weighted by Gasteiger charge is -2.36. The van der Waals surface area contributed by atoms with Gasteiger partial charge in [0.1, 0.15) is 6.07 Å². The molecule has 0 unspecified atom stereocenters. The van der Waals surface area contributed by atoms with Crippen LogP contribution in [0.15, 0.2) is 36.4 Å². The van der Waals surface area contributed by atoms with Crippen LogP contribution in [-0.4, -0.2) is 37.0 Å². The SMILES string of the molecule is N#Cc1ccccc1N1CCN(C(=O)c2ccc(F)c(F)c2F)CC1. The van der Waals surface area contributed by atoms with Gasteiger partial charge < -0.3 is 9.80 Å². The molecule has 3 rings (SSSR count). The summed E-state index contributed by atoms with van der Waals surface area (Å²) in [5.74, 6) is -5.12. The van der Waals surface area contributed by atoms with E-state index in [0.29, 0.717) is 18.7 Å². The first-order valence-electron chi connectivity index (χ1n) is 7.69. The van der Waals surface area contributed by atoms with Crippen molar-refractivity contribution >= 4 is 11.6 Å². The number of benzene rings is 2. The zero-order chi connectivity index (χ0) is 18.0. The number of para-hydroxylation sites is 1. The van der Waals surface area contributed by atoms with E-state index in [0.717, 1.165) is 17.8 Å². The number of amides is 1. The molecule has 128 valence electrons. The maximum Gasteiger partial charge on any atom is 0.257 e. The lowest BCUT2D eigenvalue weighted by Crippen LogP contribution is -2.49. The monoisotopic (exact) mass is 345 g/mol. The third kappa shape index (κ3) is 3.15. The molecule has 1 fully saturated rings. The Labute approximate surface area is 142 Å². The number of rotatable bonds is 2. The molecular formula is C18H14F3N3O. The van der Waals surface area contributed by atoms with E-state index < -0.39 is 28.9 Å². The minimum absolute atomic E-state index is 0.289. The number of hydrogen-bond acceptors (Lipinski definition) is 3. The summed E-state index contributed by atoms with van der Waals surface area (Å²) in [6.45, 7) is 1.49. The first-order chi connectivity index (χ1) is 12.0. The number of nitrogens with zero attached hydrogens (tertiary/aromatic N) is 3. The molecule has 1 amide bonds. The Morgan fingerprint density at radius 3 is 2.32 bits per heavy atom. The van der Waals surface area contributed by atoms with Crippen LogP contribution in [0.1, 0.15) is 15.9 Å². The van der Waals surface area contributed by atoms with Gasteiger partial charge in [-0.2, -0.15) is 5.26 Å². The van der Waals surface area contributed by atoms with Crippen molar-refractivity contribution in [1.82, 2.24) is 4.90 Å². The lowest BCUT2D eigenvalue weighted by atomic mass is 10.1. The summed E-state index contributed by atoms with van der Waals surface area (Å²) in [5, 5.41) is 9.17. The molecule has 1 aliphatic heterocycles. The van der Waals surface area contributed by atoms with E-state index in [1.54, 1.807) is 12.1 Å². The molecule has 1 heterocycles. The Hall–Kier alpha value is -3.01. The van der Waals surface area contributed by atoms with Crippen molar-refractivity contribution in [3.8, 4) is 6.07 Å². The Kier molecular flexibility index (Phi) is 4.61. The third-order valence-electron chi connectivity index (χ3n) is 4.20. The summed E-state index contributed by atoms with van der Waals surface area (Å²) >= 11 is 0. The molecule has 0 atom stereocenters. The summed E-state index contributed by atoms with van der Waals surface area (Å²) in [4.78, 5) is 15.7. The summed E-state index contributed by atoms with van der Waals surface area (Å²) in [5.41, 5.74) is 0.829. The molecule has 0 bridgehead atoms. The van der Waals surface area contributed by atoms with Gasteiger partial charge in [0.05, 0.1) is 16.8 Å². The number of carbonyl (C=O) groups excluding carboxylic acids is 1. The van der Waals surface area contributed by atoms with Crippen LogP contribution in [0.2, 0.25) is 0 Å². The smallest absolute Gasteiger partial charge is 0.257 e. The van der Waals surface area contributed by atoms with Gasteiger partial charge in [-0.25, -0.2) is 13.2 Å². The van der Waals surface area contributed by atoms with Crippen molar-refractivity contribution in [3.63, 3.8) is 0 Å². The minimum Gasteiger partial charge on any atom is -0.367 e. The molecule has 1 saturated heterocycles. The second kappa shape index (κ2) is 6.85. The van der Waals surface area contributed by atoms with Crippen LogP contribution in [0, 0.1) is 28.8 Å². The summed E-state index contributed by atoms with van der Waals surface area (Å²) in [7, 11) is 0. The third-order valence-corrected chi connectivity index (χ3v) is 4.20. The van der Waals surface area contributed by atoms with E-state index in [2.05, 4.69) is 6.07 Å². The number of nitriles is 1. The zero-order valence-electron chi connectivity index (χ0n) is 13.2. The normalized spacial score (nSPS) is 14.3. The van der Waals surface area contributed by atoms with Crippen molar-refractivity contribution < 1.29 is 18.0 Å². The molecule has 0 radical (unpaired) electrons. The maximum absolute atomic E-state index is 13.8. The second-order valence-electron chi connectivity index (χ2n) is 5.63. The van der Waals surface area contributed by atoms with E-state index in [-0.39, 0.29) is 13.1 Å². The van der Waals surface area contributed by atoms with E-state index in [1.807, 2.05) is 17.0 Å². The molecular weight excluding hydrogens is 331 g/mol. The van der Waals surface area contributed by atoms with Crippen LogP contribution in [0.25, 0.3) is 0 Å². The Morgan fingerprint density at radius 2 is 1.64 bits per heavy atom. The van der Waals surface area contributed by atoms with Crippen molar-refractivity contribution in [2.75, 3.05) is 31.1 Å². The van der Waals surface area contributed by atoms with Crippen LogP contribution in [0.5, 0.6) is 0 Å². The van der Waals surface area contributed by atoms with Crippen molar-refractivity contribution in [2.45, 2.75) is 0 Å². The van der Waals surface area contributed by atoms with Gasteiger partial charge in [0.25, 0.3) is 5.91 Å². The minimum atomic E-state index is -1.65. The second-order valence-corrected chi connectivity index (χ2v) is 5.63. The molecule has 0 aliphatic carbocycles. The quantitative estimate of drug-likeness (QED) is 0.787. The average molecular weight is 345 g/mol. The first kappa shape index (κ1) is 16.8. The van der Waals surface area contributed by atoms with Crippen LogP contribution in [0.4, 0.5) is 18.9 Å². The molecule has 0 N–H and O–H groups in total. The highest BCUT2D eigenvalue weighted by atomic mass is 19.2. The summed E-state index contributed by atoms with van der Waals surface area (Å²) in [6.07, 6.45) is 0. The predicted molar refractivity (Wildman–Crippen MR) is 85.6 cm³/mol. The number of piperazine rings is 1. The van der Waals surface area contributed by atoms with Crippen LogP contribution in [0.3, 0.4) is 0 Å². The molecule has 1 aliphatic rings. The number of halogens is 3. The maximum atomic E-state index is 13.8. The number of hydrogen-bond donors (Lipinski definition) is 0. The van der Waals surface area contributed by atoms with E-state index >= 15 is 0 Å². The van der Waals surface area contributed by atoms with Gasteiger partial charge in [-0.3, -0.25) is 4.79 Å². The van der Waals surface area contributed by atoms with E-state index in [4.69, 9.17) is 5.26 Å². The molecule has 7 heteroatoms. The fraction of sp³-hybridized carbons (Fsp3) is 0.222. The zero-order valence-corrected chi connectivity index (χ0v) is 13.2. The average Bonchev–Trinajstić information content (AvgIpc) is 2.66. The highest BCUT2D eigenvalue weighted by Crippen LogP contribution is 2.22. The predicted octanol–water partition coefficient (Wildman–Crippen LogP) is 2.94. The molecule has 0 aromatic heterocycles. The first-order valence-corrected chi connectivity index (χ1v) is 7.69. The molecule has 2 aromatic carbocycles. The fourth-order valence-corrected chi connectivity index (χ4v) is 2.86. The standard InChI is InChI=1S/C18H14F3N3O/c19-14-6-5-13(16(20)17(14)21)18(25)24-9-7-23(8-10-24)15-4-2-1-3-12(15)11-22/h1-6H,7-10H2. The Bertz CT molecular complexity index is 855. The highest BCUT2D eigenvalue weighted by Gasteiger charge is 2.27. The van der Waals surface area contributed by atoms with Crippen LogP contribution >= 0.6 is 0 Å². The Balaban J connectivity index is 1.74. The largest absolute Gasteiger partial charge is 0.367 e. The van der Waals surface area contributed by atoms with Gasteiger partial charge in [-0.05, 0) is 24.3 Å². The molecule has 0 saturated carbocycles. The van der Waals surface area contributed by atoms with Crippen molar-refractivity contribution in [2.24, 2.45) is 0 Å². The fourth-order valence-electron chi connectivity index (χ4n) is 2.86. The van der Waals surface area contributed by atoms with Crippen LogP contribution in [-0.2, 0) is 0 Å². The van der Waals surface area contributed by atoms with Crippen LogP contribution < -0.4 is 4.90 Å². The molecule has 2 aromatic rings. The Morgan fingerprint density at radius 1 is 0.960 bits per heavy atom. The number of anilines is 1. The number of carbonyl (C=O) groups is 1. The van der Waals surface area contributed by atoms with Gasteiger partial charge in [0, 0.05) is 26.2 Å². The van der Waals surface area contributed by atoms with Gasteiger partial charge >= 0.3 is 0 Å².